The third-order valence-electron chi connectivity index (χ3n) is 3.16. The van der Waals surface area contributed by atoms with Crippen LogP contribution in [0.25, 0.3) is 11.1 Å². The highest BCUT2D eigenvalue weighted by atomic mass is 16.4. The highest BCUT2D eigenvalue weighted by Crippen LogP contribution is 2.24. The van der Waals surface area contributed by atoms with E-state index >= 15 is 0 Å². The summed E-state index contributed by atoms with van der Waals surface area (Å²) >= 11 is 0. The molecule has 0 saturated carbocycles. The zero-order valence-electron chi connectivity index (χ0n) is 10.8. The molecule has 0 unspecified atom stereocenters. The van der Waals surface area contributed by atoms with E-state index in [4.69, 9.17) is 10.8 Å². The van der Waals surface area contributed by atoms with Crippen molar-refractivity contribution in [1.82, 2.24) is 0 Å². The molecule has 0 aliphatic heterocycles. The monoisotopic (exact) mass is 255 g/mol. The minimum absolute atomic E-state index is 0.342. The van der Waals surface area contributed by atoms with Crippen molar-refractivity contribution in [3.05, 3.63) is 59.7 Å². The van der Waals surface area contributed by atoms with Gasteiger partial charge in [0.1, 0.15) is 6.04 Å². The van der Waals surface area contributed by atoms with Crippen molar-refractivity contribution in [1.29, 1.82) is 0 Å². The van der Waals surface area contributed by atoms with Crippen LogP contribution < -0.4 is 5.73 Å². The van der Waals surface area contributed by atoms with Gasteiger partial charge in [0.25, 0.3) is 0 Å². The first-order valence-corrected chi connectivity index (χ1v) is 6.21. The molecule has 98 valence electrons. The Balaban J connectivity index is 2.30. The molecule has 0 spiro atoms. The van der Waals surface area contributed by atoms with E-state index in [0.717, 1.165) is 16.7 Å². The van der Waals surface area contributed by atoms with Crippen LogP contribution in [-0.2, 0) is 11.2 Å². The Kier molecular flexibility index (Phi) is 3.97. The van der Waals surface area contributed by atoms with Crippen LogP contribution in [0.4, 0.5) is 0 Å². The molecule has 0 radical (unpaired) electrons. The molecule has 0 saturated heterocycles. The average Bonchev–Trinajstić information content (AvgIpc) is 2.39. The summed E-state index contributed by atoms with van der Waals surface area (Å²) in [5.74, 6) is -0.971. The number of aliphatic carboxylic acids is 1. The zero-order chi connectivity index (χ0) is 13.8. The van der Waals surface area contributed by atoms with Gasteiger partial charge in [-0.05, 0) is 35.6 Å². The number of carbonyl (C=O) groups is 1. The molecule has 0 aliphatic carbocycles. The van der Waals surface area contributed by atoms with Gasteiger partial charge >= 0.3 is 5.97 Å². The van der Waals surface area contributed by atoms with E-state index in [1.54, 1.807) is 0 Å². The van der Waals surface area contributed by atoms with E-state index in [-0.39, 0.29) is 0 Å². The van der Waals surface area contributed by atoms with Crippen molar-refractivity contribution in [2.24, 2.45) is 5.73 Å². The number of carboxylic acid groups (broad SMARTS) is 1. The highest BCUT2D eigenvalue weighted by molar-refractivity contribution is 5.74. The van der Waals surface area contributed by atoms with Crippen LogP contribution >= 0.6 is 0 Å². The lowest BCUT2D eigenvalue weighted by Gasteiger charge is -2.10. The van der Waals surface area contributed by atoms with E-state index in [1.807, 2.05) is 36.4 Å². The number of aryl methyl sites for hydroxylation is 1. The SMILES string of the molecule is Cc1ccccc1-c1cccc(C[C@H](N)C(=O)O)c1. The molecule has 0 fully saturated rings. The predicted octanol–water partition coefficient (Wildman–Crippen LogP) is 2.62. The lowest BCUT2D eigenvalue weighted by molar-refractivity contribution is -0.138. The van der Waals surface area contributed by atoms with Gasteiger partial charge in [0.15, 0.2) is 0 Å². The molecule has 19 heavy (non-hydrogen) atoms. The molecule has 0 amide bonds. The van der Waals surface area contributed by atoms with Crippen molar-refractivity contribution in [3.8, 4) is 11.1 Å². The molecule has 3 heteroatoms. The molecule has 1 atom stereocenters. The van der Waals surface area contributed by atoms with E-state index in [0.29, 0.717) is 6.42 Å². The molecule has 0 aliphatic rings. The fraction of sp³-hybridized carbons (Fsp3) is 0.188. The first-order chi connectivity index (χ1) is 9.08. The highest BCUT2D eigenvalue weighted by Gasteiger charge is 2.12. The molecular weight excluding hydrogens is 238 g/mol. The lowest BCUT2D eigenvalue weighted by Crippen LogP contribution is -2.32. The lowest BCUT2D eigenvalue weighted by atomic mass is 9.97. The Hall–Kier alpha value is -2.13. The van der Waals surface area contributed by atoms with Crippen molar-refractivity contribution in [3.63, 3.8) is 0 Å². The third kappa shape index (κ3) is 3.20. The Bertz CT molecular complexity index is 593. The number of hydrogen-bond donors (Lipinski definition) is 2. The minimum Gasteiger partial charge on any atom is -0.480 e. The summed E-state index contributed by atoms with van der Waals surface area (Å²) in [6, 6.07) is 15.1. The molecule has 0 heterocycles. The summed E-state index contributed by atoms with van der Waals surface area (Å²) in [6.07, 6.45) is 0.342. The topological polar surface area (TPSA) is 63.3 Å². The Morgan fingerprint density at radius 3 is 2.63 bits per heavy atom. The van der Waals surface area contributed by atoms with Gasteiger partial charge in [-0.2, -0.15) is 0 Å². The van der Waals surface area contributed by atoms with Crippen molar-refractivity contribution in [2.75, 3.05) is 0 Å². The first kappa shape index (κ1) is 13.3. The van der Waals surface area contributed by atoms with Crippen LogP contribution in [-0.4, -0.2) is 17.1 Å². The van der Waals surface area contributed by atoms with Gasteiger partial charge in [0.05, 0.1) is 0 Å². The fourth-order valence-corrected chi connectivity index (χ4v) is 2.10. The second-order valence-electron chi connectivity index (χ2n) is 4.66. The molecule has 3 nitrogen and oxygen atoms in total. The summed E-state index contributed by atoms with van der Waals surface area (Å²) < 4.78 is 0. The number of rotatable bonds is 4. The van der Waals surface area contributed by atoms with Gasteiger partial charge in [-0.1, -0.05) is 48.5 Å². The summed E-state index contributed by atoms with van der Waals surface area (Å²) in [4.78, 5) is 10.8. The summed E-state index contributed by atoms with van der Waals surface area (Å²) in [7, 11) is 0. The maximum absolute atomic E-state index is 10.8. The summed E-state index contributed by atoms with van der Waals surface area (Å²) in [5.41, 5.74) is 9.96. The third-order valence-corrected chi connectivity index (χ3v) is 3.16. The molecular formula is C16H17NO2. The molecule has 0 aromatic heterocycles. The predicted molar refractivity (Wildman–Crippen MR) is 75.9 cm³/mol. The number of nitrogens with two attached hydrogens (primary N) is 1. The molecule has 0 bridgehead atoms. The molecule has 2 aromatic carbocycles. The van der Waals surface area contributed by atoms with Crippen LogP contribution in [0.2, 0.25) is 0 Å². The van der Waals surface area contributed by atoms with Crippen LogP contribution in [0.1, 0.15) is 11.1 Å². The van der Waals surface area contributed by atoms with Gasteiger partial charge in [-0.25, -0.2) is 0 Å². The maximum Gasteiger partial charge on any atom is 0.320 e. The van der Waals surface area contributed by atoms with Crippen LogP contribution in [0, 0.1) is 6.92 Å². The Labute approximate surface area is 112 Å². The second kappa shape index (κ2) is 5.67. The van der Waals surface area contributed by atoms with Crippen molar-refractivity contribution < 1.29 is 9.90 Å². The smallest absolute Gasteiger partial charge is 0.320 e. The molecule has 2 aromatic rings. The van der Waals surface area contributed by atoms with E-state index in [9.17, 15) is 4.79 Å². The number of hydrogen-bond acceptors (Lipinski definition) is 2. The van der Waals surface area contributed by atoms with Gasteiger partial charge in [-0.15, -0.1) is 0 Å². The second-order valence-corrected chi connectivity index (χ2v) is 4.66. The summed E-state index contributed by atoms with van der Waals surface area (Å²) in [5, 5.41) is 8.85. The van der Waals surface area contributed by atoms with Gasteiger partial charge < -0.3 is 10.8 Å². The normalized spacial score (nSPS) is 12.1. The molecule has 2 rings (SSSR count). The van der Waals surface area contributed by atoms with E-state index in [1.165, 1.54) is 5.56 Å². The quantitative estimate of drug-likeness (QED) is 0.882. The maximum atomic E-state index is 10.8. The summed E-state index contributed by atoms with van der Waals surface area (Å²) in [6.45, 7) is 2.06. The Morgan fingerprint density at radius 2 is 1.95 bits per heavy atom. The van der Waals surface area contributed by atoms with Crippen LogP contribution in [0.3, 0.4) is 0 Å². The molecule has 3 N–H and O–H groups in total. The van der Waals surface area contributed by atoms with Crippen LogP contribution in [0.5, 0.6) is 0 Å². The standard InChI is InChI=1S/C16H17NO2/c1-11-5-2-3-8-14(11)13-7-4-6-12(9-13)10-15(17)16(18)19/h2-9,15H,10,17H2,1H3,(H,18,19)/t15-/m0/s1. The van der Waals surface area contributed by atoms with E-state index in [2.05, 4.69) is 19.1 Å². The van der Waals surface area contributed by atoms with Gasteiger partial charge in [0.2, 0.25) is 0 Å². The first-order valence-electron chi connectivity index (χ1n) is 6.21. The van der Waals surface area contributed by atoms with Crippen molar-refractivity contribution in [2.45, 2.75) is 19.4 Å². The minimum atomic E-state index is -0.971. The van der Waals surface area contributed by atoms with Gasteiger partial charge in [0, 0.05) is 0 Å². The fourth-order valence-electron chi connectivity index (χ4n) is 2.10. The van der Waals surface area contributed by atoms with E-state index < -0.39 is 12.0 Å². The average molecular weight is 255 g/mol. The van der Waals surface area contributed by atoms with Crippen LogP contribution in [0.15, 0.2) is 48.5 Å². The van der Waals surface area contributed by atoms with Gasteiger partial charge in [-0.3, -0.25) is 4.79 Å². The number of carboxylic acids is 1. The zero-order valence-corrected chi connectivity index (χ0v) is 10.8. The van der Waals surface area contributed by atoms with Crippen molar-refractivity contribution >= 4 is 5.97 Å². The number of benzene rings is 2. The Morgan fingerprint density at radius 1 is 1.21 bits per heavy atom. The largest absolute Gasteiger partial charge is 0.480 e.